The van der Waals surface area contributed by atoms with Crippen molar-refractivity contribution in [3.05, 3.63) is 58.8 Å². The summed E-state index contributed by atoms with van der Waals surface area (Å²) in [6.45, 7) is 5.16. The molecule has 0 amide bonds. The summed E-state index contributed by atoms with van der Waals surface area (Å²) in [7, 11) is 0. The second kappa shape index (κ2) is 5.82. The van der Waals surface area contributed by atoms with Crippen molar-refractivity contribution in [1.29, 1.82) is 0 Å². The second-order valence-corrected chi connectivity index (χ2v) is 5.80. The number of rotatable bonds is 3. The average molecular weight is 342 g/mol. The Kier molecular flexibility index (Phi) is 3.88. The van der Waals surface area contributed by atoms with Crippen LogP contribution in [-0.2, 0) is 0 Å². The second-order valence-electron chi connectivity index (χ2n) is 4.88. The predicted molar refractivity (Wildman–Crippen MR) is 91.1 cm³/mol. The fraction of sp³-hybridized carbons (Fsp3) is 0.176. The number of anilines is 2. The predicted octanol–water partition coefficient (Wildman–Crippen LogP) is 4.86. The van der Waals surface area contributed by atoms with Crippen LogP contribution < -0.4 is 4.90 Å². The van der Waals surface area contributed by atoms with Crippen LogP contribution >= 0.6 is 15.9 Å². The van der Waals surface area contributed by atoms with Gasteiger partial charge in [-0.25, -0.2) is 0 Å². The molecule has 0 saturated carbocycles. The minimum atomic E-state index is 0.877. The zero-order valence-electron chi connectivity index (χ0n) is 12.0. The van der Waals surface area contributed by atoms with Gasteiger partial charge in [0, 0.05) is 29.1 Å². The van der Waals surface area contributed by atoms with Crippen LogP contribution in [0.15, 0.2) is 53.3 Å². The van der Waals surface area contributed by atoms with Crippen LogP contribution in [0.25, 0.3) is 11.0 Å². The molecule has 3 nitrogen and oxygen atoms in total. The van der Waals surface area contributed by atoms with Crippen LogP contribution in [0.4, 0.5) is 11.4 Å². The fourth-order valence-corrected chi connectivity index (χ4v) is 2.87. The van der Waals surface area contributed by atoms with E-state index in [2.05, 4.69) is 68.9 Å². The van der Waals surface area contributed by atoms with E-state index in [1.807, 2.05) is 24.5 Å². The summed E-state index contributed by atoms with van der Waals surface area (Å²) >= 11 is 3.45. The molecule has 0 unspecified atom stereocenters. The van der Waals surface area contributed by atoms with E-state index in [4.69, 9.17) is 0 Å². The maximum Gasteiger partial charge on any atom is 0.112 e. The summed E-state index contributed by atoms with van der Waals surface area (Å²) in [6.07, 6.45) is 3.66. The lowest BCUT2D eigenvalue weighted by atomic mass is 10.1. The lowest BCUT2D eigenvalue weighted by molar-refractivity contribution is 1.02. The van der Waals surface area contributed by atoms with Gasteiger partial charge in [0.1, 0.15) is 5.52 Å². The fourth-order valence-electron chi connectivity index (χ4n) is 2.55. The van der Waals surface area contributed by atoms with Gasteiger partial charge in [-0.15, -0.1) is 0 Å². The van der Waals surface area contributed by atoms with Crippen molar-refractivity contribution >= 4 is 38.3 Å². The van der Waals surface area contributed by atoms with Crippen LogP contribution in [0, 0.1) is 6.92 Å². The number of nitrogens with zero attached hydrogens (tertiary/aromatic N) is 3. The van der Waals surface area contributed by atoms with Gasteiger partial charge in [0.15, 0.2) is 0 Å². The van der Waals surface area contributed by atoms with Gasteiger partial charge in [0.2, 0.25) is 0 Å². The van der Waals surface area contributed by atoms with E-state index in [-0.39, 0.29) is 0 Å². The average Bonchev–Trinajstić information content (AvgIpc) is 2.49. The van der Waals surface area contributed by atoms with Crippen LogP contribution in [-0.4, -0.2) is 16.5 Å². The Hall–Kier alpha value is -1.94. The topological polar surface area (TPSA) is 29.0 Å². The lowest BCUT2D eigenvalue weighted by Gasteiger charge is -2.25. The SMILES string of the molecule is CCN(c1ccccc1C)c1ccnc2cc(Br)cnc12. The van der Waals surface area contributed by atoms with E-state index in [0.29, 0.717) is 0 Å². The molecule has 0 radical (unpaired) electrons. The molecule has 0 bridgehead atoms. The maximum absolute atomic E-state index is 4.55. The van der Waals surface area contributed by atoms with E-state index in [0.717, 1.165) is 27.7 Å². The van der Waals surface area contributed by atoms with Crippen molar-refractivity contribution < 1.29 is 0 Å². The summed E-state index contributed by atoms with van der Waals surface area (Å²) in [6, 6.07) is 12.4. The molecule has 0 N–H and O–H groups in total. The molecule has 0 aliphatic carbocycles. The summed E-state index contributed by atoms with van der Waals surface area (Å²) in [5.41, 5.74) is 5.36. The van der Waals surface area contributed by atoms with E-state index in [1.54, 1.807) is 0 Å². The van der Waals surface area contributed by atoms with Gasteiger partial charge in [0.05, 0.1) is 11.2 Å². The smallest absolute Gasteiger partial charge is 0.112 e. The third kappa shape index (κ3) is 2.63. The largest absolute Gasteiger partial charge is 0.340 e. The summed E-state index contributed by atoms with van der Waals surface area (Å²) < 4.78 is 0.943. The zero-order chi connectivity index (χ0) is 14.8. The van der Waals surface area contributed by atoms with E-state index in [9.17, 15) is 0 Å². The molecule has 0 atom stereocenters. The van der Waals surface area contributed by atoms with Gasteiger partial charge >= 0.3 is 0 Å². The van der Waals surface area contributed by atoms with Crippen molar-refractivity contribution in [3.8, 4) is 0 Å². The number of pyridine rings is 2. The molecule has 0 fully saturated rings. The third-order valence-electron chi connectivity index (χ3n) is 3.54. The number of aryl methyl sites for hydroxylation is 1. The van der Waals surface area contributed by atoms with Gasteiger partial charge in [-0.05, 0) is 53.5 Å². The first-order valence-corrected chi connectivity index (χ1v) is 7.73. The number of benzene rings is 1. The Labute approximate surface area is 132 Å². The van der Waals surface area contributed by atoms with Crippen molar-refractivity contribution in [3.63, 3.8) is 0 Å². The number of fused-ring (bicyclic) bond motifs is 1. The summed E-state index contributed by atoms with van der Waals surface area (Å²) in [4.78, 5) is 11.2. The summed E-state index contributed by atoms with van der Waals surface area (Å²) in [5.74, 6) is 0. The molecule has 3 rings (SSSR count). The van der Waals surface area contributed by atoms with Gasteiger partial charge in [-0.3, -0.25) is 9.97 Å². The van der Waals surface area contributed by atoms with Crippen LogP contribution in [0.2, 0.25) is 0 Å². The first kappa shape index (κ1) is 14.0. The van der Waals surface area contributed by atoms with Gasteiger partial charge in [-0.2, -0.15) is 0 Å². The highest BCUT2D eigenvalue weighted by Gasteiger charge is 2.13. The molecule has 21 heavy (non-hydrogen) atoms. The van der Waals surface area contributed by atoms with E-state index >= 15 is 0 Å². The highest BCUT2D eigenvalue weighted by atomic mass is 79.9. The van der Waals surface area contributed by atoms with Crippen molar-refractivity contribution in [2.75, 3.05) is 11.4 Å². The minimum Gasteiger partial charge on any atom is -0.340 e. The molecule has 4 heteroatoms. The molecule has 0 saturated heterocycles. The highest BCUT2D eigenvalue weighted by molar-refractivity contribution is 9.10. The molecule has 0 aliphatic rings. The highest BCUT2D eigenvalue weighted by Crippen LogP contribution is 2.32. The van der Waals surface area contributed by atoms with Crippen molar-refractivity contribution in [1.82, 2.24) is 9.97 Å². The number of hydrogen-bond donors (Lipinski definition) is 0. The third-order valence-corrected chi connectivity index (χ3v) is 3.97. The Morgan fingerprint density at radius 2 is 1.90 bits per heavy atom. The molecule has 0 aliphatic heterocycles. The number of para-hydroxylation sites is 1. The molecule has 1 aromatic carbocycles. The quantitative estimate of drug-likeness (QED) is 0.681. The molecular weight excluding hydrogens is 326 g/mol. The number of aromatic nitrogens is 2. The normalized spacial score (nSPS) is 10.8. The standard InChI is InChI=1S/C17H16BrN3/c1-3-21(15-7-5-4-6-12(15)2)16-8-9-19-14-10-13(18)11-20-17(14)16/h4-11H,3H2,1-2H3. The van der Waals surface area contributed by atoms with Crippen LogP contribution in [0.1, 0.15) is 12.5 Å². The lowest BCUT2D eigenvalue weighted by Crippen LogP contribution is -2.17. The van der Waals surface area contributed by atoms with Crippen LogP contribution in [0.5, 0.6) is 0 Å². The molecule has 106 valence electrons. The van der Waals surface area contributed by atoms with Gasteiger partial charge in [-0.1, -0.05) is 18.2 Å². The molecule has 3 aromatic rings. The molecular formula is C17H16BrN3. The molecule has 2 aromatic heterocycles. The van der Waals surface area contributed by atoms with Gasteiger partial charge in [0.25, 0.3) is 0 Å². The van der Waals surface area contributed by atoms with Gasteiger partial charge < -0.3 is 4.90 Å². The van der Waals surface area contributed by atoms with Crippen LogP contribution in [0.3, 0.4) is 0 Å². The number of hydrogen-bond acceptors (Lipinski definition) is 3. The Morgan fingerprint density at radius 3 is 2.67 bits per heavy atom. The monoisotopic (exact) mass is 341 g/mol. The van der Waals surface area contributed by atoms with E-state index in [1.165, 1.54) is 11.3 Å². The maximum atomic E-state index is 4.55. The Balaban J connectivity index is 2.20. The minimum absolute atomic E-state index is 0.877. The molecule has 0 spiro atoms. The molecule has 2 heterocycles. The van der Waals surface area contributed by atoms with E-state index < -0.39 is 0 Å². The number of halogens is 1. The van der Waals surface area contributed by atoms with Crippen molar-refractivity contribution in [2.45, 2.75) is 13.8 Å². The Morgan fingerprint density at radius 1 is 1.10 bits per heavy atom. The first-order valence-electron chi connectivity index (χ1n) is 6.94. The Bertz CT molecular complexity index is 786. The first-order chi connectivity index (χ1) is 10.2. The zero-order valence-corrected chi connectivity index (χ0v) is 13.6. The summed E-state index contributed by atoms with van der Waals surface area (Å²) in [5, 5.41) is 0. The van der Waals surface area contributed by atoms with Crippen molar-refractivity contribution in [2.24, 2.45) is 0 Å².